The van der Waals surface area contributed by atoms with Crippen LogP contribution in [0.15, 0.2) is 0 Å². The summed E-state index contributed by atoms with van der Waals surface area (Å²) < 4.78 is 0. The molecule has 3 unspecified atom stereocenters. The van der Waals surface area contributed by atoms with Gasteiger partial charge in [0.15, 0.2) is 0 Å². The number of rotatable bonds is 0. The Kier molecular flexibility index (Phi) is 1.47. The van der Waals surface area contributed by atoms with E-state index in [1.165, 1.54) is 0 Å². The molecule has 2 aliphatic rings. The highest BCUT2D eigenvalue weighted by Gasteiger charge is 2.64. The fraction of sp³-hybridized carbons (Fsp3) is 0.900. The van der Waals surface area contributed by atoms with Gasteiger partial charge in [-0.25, -0.2) is 0 Å². The van der Waals surface area contributed by atoms with E-state index in [1.807, 2.05) is 0 Å². The number of halogens is 1. The third kappa shape index (κ3) is 0.693. The van der Waals surface area contributed by atoms with Crippen LogP contribution < -0.4 is 0 Å². The minimum absolute atomic E-state index is 0.122. The van der Waals surface area contributed by atoms with Crippen LogP contribution in [-0.4, -0.2) is 11.2 Å². The van der Waals surface area contributed by atoms with Gasteiger partial charge in [0.25, 0.3) is 0 Å². The van der Waals surface area contributed by atoms with Crippen LogP contribution in [0.4, 0.5) is 0 Å². The smallest absolute Gasteiger partial charge is 0.139 e. The molecule has 68 valence electrons. The molecule has 2 bridgehead atoms. The molecule has 0 heterocycles. The number of carbonyl (C=O) groups is 1. The molecule has 0 saturated heterocycles. The van der Waals surface area contributed by atoms with Crippen LogP contribution in [0.3, 0.4) is 0 Å². The van der Waals surface area contributed by atoms with E-state index in [0.29, 0.717) is 18.1 Å². The molecule has 2 heteroatoms. The lowest BCUT2D eigenvalue weighted by molar-refractivity contribution is -0.128. The van der Waals surface area contributed by atoms with Crippen LogP contribution in [0, 0.1) is 16.7 Å². The van der Waals surface area contributed by atoms with Gasteiger partial charge in [0, 0.05) is 17.2 Å². The first-order valence-electron chi connectivity index (χ1n) is 4.57. The summed E-state index contributed by atoms with van der Waals surface area (Å²) in [5, 5.41) is 0.225. The number of carbonyl (C=O) groups excluding carboxylic acids is 1. The Labute approximate surface area is 78.5 Å². The Hall–Kier alpha value is -0.0400. The molecule has 0 aliphatic heterocycles. The van der Waals surface area contributed by atoms with Crippen molar-refractivity contribution in [1.29, 1.82) is 0 Å². The SMILES string of the molecule is CC12CC(Cl)C(CC1=O)C2(C)C. The molecular formula is C10H15ClO. The van der Waals surface area contributed by atoms with Crippen molar-refractivity contribution in [2.75, 3.05) is 0 Å². The Bertz CT molecular complexity index is 246. The first-order valence-corrected chi connectivity index (χ1v) is 5.00. The maximum absolute atomic E-state index is 11.7. The van der Waals surface area contributed by atoms with Crippen molar-refractivity contribution in [3.05, 3.63) is 0 Å². The minimum atomic E-state index is -0.135. The molecule has 0 spiro atoms. The van der Waals surface area contributed by atoms with Crippen molar-refractivity contribution < 1.29 is 4.79 Å². The molecule has 0 amide bonds. The number of hydrogen-bond acceptors (Lipinski definition) is 1. The highest BCUT2D eigenvalue weighted by molar-refractivity contribution is 6.22. The predicted molar refractivity (Wildman–Crippen MR) is 49.3 cm³/mol. The summed E-state index contributed by atoms with van der Waals surface area (Å²) in [6.45, 7) is 6.45. The monoisotopic (exact) mass is 186 g/mol. The van der Waals surface area contributed by atoms with Crippen LogP contribution in [0.2, 0.25) is 0 Å². The van der Waals surface area contributed by atoms with Crippen molar-refractivity contribution in [1.82, 2.24) is 0 Å². The van der Waals surface area contributed by atoms with Gasteiger partial charge in [-0.15, -0.1) is 11.6 Å². The predicted octanol–water partition coefficient (Wildman–Crippen LogP) is 2.62. The van der Waals surface area contributed by atoms with E-state index in [4.69, 9.17) is 11.6 Å². The zero-order valence-corrected chi connectivity index (χ0v) is 8.61. The van der Waals surface area contributed by atoms with Crippen LogP contribution in [0.25, 0.3) is 0 Å². The van der Waals surface area contributed by atoms with E-state index < -0.39 is 0 Å². The quantitative estimate of drug-likeness (QED) is 0.532. The molecule has 0 aromatic heterocycles. The van der Waals surface area contributed by atoms with Gasteiger partial charge in [-0.1, -0.05) is 20.8 Å². The minimum Gasteiger partial charge on any atom is -0.299 e. The topological polar surface area (TPSA) is 17.1 Å². The molecule has 2 rings (SSSR count). The number of fused-ring (bicyclic) bond motifs is 2. The number of ketones is 1. The average molecular weight is 187 g/mol. The van der Waals surface area contributed by atoms with Crippen molar-refractivity contribution >= 4 is 17.4 Å². The largest absolute Gasteiger partial charge is 0.299 e. The first kappa shape index (κ1) is 8.55. The highest BCUT2D eigenvalue weighted by atomic mass is 35.5. The molecule has 2 aliphatic carbocycles. The Morgan fingerprint density at radius 2 is 2.00 bits per heavy atom. The molecular weight excluding hydrogens is 172 g/mol. The number of hydrogen-bond donors (Lipinski definition) is 0. The summed E-state index contributed by atoms with van der Waals surface area (Å²) in [6.07, 6.45) is 1.59. The van der Waals surface area contributed by atoms with Crippen molar-refractivity contribution in [2.24, 2.45) is 16.7 Å². The lowest BCUT2D eigenvalue weighted by atomic mass is 9.70. The van der Waals surface area contributed by atoms with Gasteiger partial charge in [-0.2, -0.15) is 0 Å². The molecule has 12 heavy (non-hydrogen) atoms. The lowest BCUT2D eigenvalue weighted by Gasteiger charge is -2.32. The highest BCUT2D eigenvalue weighted by Crippen LogP contribution is 2.64. The maximum Gasteiger partial charge on any atom is 0.139 e. The molecule has 2 saturated carbocycles. The van der Waals surface area contributed by atoms with E-state index >= 15 is 0 Å². The van der Waals surface area contributed by atoms with Crippen LogP contribution in [-0.2, 0) is 4.79 Å². The fourth-order valence-electron chi connectivity index (χ4n) is 2.94. The summed E-state index contributed by atoms with van der Waals surface area (Å²) in [5.74, 6) is 0.839. The summed E-state index contributed by atoms with van der Waals surface area (Å²) in [7, 11) is 0. The number of Topliss-reactive ketones (excluding diaryl/α,β-unsaturated/α-hetero) is 1. The second-order valence-electron chi connectivity index (χ2n) is 5.01. The summed E-state index contributed by atoms with van der Waals surface area (Å²) in [6, 6.07) is 0. The van der Waals surface area contributed by atoms with Gasteiger partial charge < -0.3 is 0 Å². The van der Waals surface area contributed by atoms with Gasteiger partial charge in [0.05, 0.1) is 0 Å². The lowest BCUT2D eigenvalue weighted by Crippen LogP contribution is -2.32. The molecule has 0 radical (unpaired) electrons. The Morgan fingerprint density at radius 3 is 2.25 bits per heavy atom. The van der Waals surface area contributed by atoms with E-state index in [0.717, 1.165) is 6.42 Å². The second kappa shape index (κ2) is 2.06. The normalized spacial score (nSPS) is 50.2. The molecule has 0 aromatic carbocycles. The van der Waals surface area contributed by atoms with E-state index in [-0.39, 0.29) is 16.2 Å². The molecule has 2 fully saturated rings. The molecule has 3 atom stereocenters. The third-order valence-electron chi connectivity index (χ3n) is 4.41. The van der Waals surface area contributed by atoms with Gasteiger partial charge in [-0.3, -0.25) is 4.79 Å². The Balaban J connectivity index is 2.47. The summed E-state index contributed by atoms with van der Waals surface area (Å²) in [4.78, 5) is 11.7. The van der Waals surface area contributed by atoms with Crippen LogP contribution >= 0.6 is 11.6 Å². The first-order chi connectivity index (χ1) is 5.39. The van der Waals surface area contributed by atoms with Gasteiger partial charge in [0.1, 0.15) is 5.78 Å². The zero-order chi connectivity index (χ0) is 9.15. The van der Waals surface area contributed by atoms with Crippen molar-refractivity contribution in [3.63, 3.8) is 0 Å². The second-order valence-corrected chi connectivity index (χ2v) is 5.57. The van der Waals surface area contributed by atoms with Crippen molar-refractivity contribution in [2.45, 2.75) is 39.0 Å². The van der Waals surface area contributed by atoms with Crippen LogP contribution in [0.5, 0.6) is 0 Å². The van der Waals surface area contributed by atoms with Gasteiger partial charge in [-0.05, 0) is 17.8 Å². The van der Waals surface area contributed by atoms with Crippen LogP contribution in [0.1, 0.15) is 33.6 Å². The standard InChI is InChI=1S/C10H15ClO/c1-9(2)6-4-8(12)10(9,3)5-7(6)11/h6-7H,4-5H2,1-3H3. The molecule has 0 aromatic rings. The van der Waals surface area contributed by atoms with Crippen molar-refractivity contribution in [3.8, 4) is 0 Å². The fourth-order valence-corrected chi connectivity index (χ4v) is 3.65. The molecule has 0 N–H and O–H groups in total. The molecule has 1 nitrogen and oxygen atoms in total. The summed E-state index contributed by atoms with van der Waals surface area (Å²) in [5.41, 5.74) is -0.0133. The third-order valence-corrected chi connectivity index (χ3v) is 4.87. The number of alkyl halides is 1. The average Bonchev–Trinajstić information content (AvgIpc) is 2.18. The Morgan fingerprint density at radius 1 is 1.42 bits per heavy atom. The zero-order valence-electron chi connectivity index (χ0n) is 7.86. The maximum atomic E-state index is 11.7. The van der Waals surface area contributed by atoms with Gasteiger partial charge >= 0.3 is 0 Å². The summed E-state index contributed by atoms with van der Waals surface area (Å²) >= 11 is 6.20. The van der Waals surface area contributed by atoms with E-state index in [9.17, 15) is 4.79 Å². The van der Waals surface area contributed by atoms with Gasteiger partial charge in [0.2, 0.25) is 0 Å². The van der Waals surface area contributed by atoms with E-state index in [1.54, 1.807) is 0 Å². The van der Waals surface area contributed by atoms with E-state index in [2.05, 4.69) is 20.8 Å².